The Bertz CT molecular complexity index is 1530. The largest absolute Gasteiger partial charge is 0.379 e. The van der Waals surface area contributed by atoms with Crippen LogP contribution >= 0.6 is 0 Å². The Morgan fingerprint density at radius 3 is 1.95 bits per heavy atom. The van der Waals surface area contributed by atoms with Gasteiger partial charge in [-0.2, -0.15) is 4.31 Å². The number of morpholine rings is 1. The maximum atomic E-state index is 13.1. The van der Waals surface area contributed by atoms with Gasteiger partial charge in [0.15, 0.2) is 0 Å². The number of benzene rings is 3. The van der Waals surface area contributed by atoms with Crippen LogP contribution in [0.2, 0.25) is 0 Å². The number of rotatable bonds is 6. The third kappa shape index (κ3) is 4.79. The Hall–Kier alpha value is -3.64. The third-order valence-electron chi connectivity index (χ3n) is 7.86. The molecule has 6 rings (SSSR count). The highest BCUT2D eigenvalue weighted by Crippen LogP contribution is 2.30. The Balaban J connectivity index is 1.04. The highest BCUT2D eigenvalue weighted by Gasteiger charge is 2.33. The number of sulfonamides is 1. The summed E-state index contributed by atoms with van der Waals surface area (Å²) in [6.07, 6.45) is 0. The summed E-state index contributed by atoms with van der Waals surface area (Å²) in [7, 11) is -3.62. The second kappa shape index (κ2) is 10.7. The number of amides is 3. The molecule has 3 aliphatic heterocycles. The lowest BCUT2D eigenvalue weighted by molar-refractivity contribution is 0.0550. The van der Waals surface area contributed by atoms with Gasteiger partial charge in [0.1, 0.15) is 0 Å². The zero-order valence-electron chi connectivity index (χ0n) is 22.0. The van der Waals surface area contributed by atoms with Crippen molar-refractivity contribution in [2.75, 3.05) is 65.6 Å². The molecule has 0 aliphatic carbocycles. The molecule has 3 heterocycles. The summed E-state index contributed by atoms with van der Waals surface area (Å²) < 4.78 is 32.4. The maximum absolute atomic E-state index is 13.1. The topological polar surface area (TPSA) is 108 Å². The molecule has 2 fully saturated rings. The molecular formula is C29H30N4O6S. The van der Waals surface area contributed by atoms with Crippen LogP contribution in [0.5, 0.6) is 0 Å². The maximum Gasteiger partial charge on any atom is 0.261 e. The molecule has 0 unspecified atom stereocenters. The summed E-state index contributed by atoms with van der Waals surface area (Å²) in [6, 6.07) is 17.1. The number of piperazine rings is 1. The van der Waals surface area contributed by atoms with E-state index in [-0.39, 0.29) is 29.2 Å². The van der Waals surface area contributed by atoms with Gasteiger partial charge >= 0.3 is 0 Å². The SMILES string of the molecule is O=C(c1ccc(S(=O)(=O)N2CCOCC2)cc1)N1CCN(CCN2C(=O)c3cccc4cccc(c34)C2=O)CC1. The van der Waals surface area contributed by atoms with E-state index in [1.54, 1.807) is 29.2 Å². The molecule has 3 aromatic carbocycles. The molecule has 3 aliphatic rings. The Kier molecular flexibility index (Phi) is 7.13. The fraction of sp³-hybridized carbons (Fsp3) is 0.345. The van der Waals surface area contributed by atoms with Gasteiger partial charge < -0.3 is 9.64 Å². The Morgan fingerprint density at radius 2 is 1.35 bits per heavy atom. The number of hydrogen-bond donors (Lipinski definition) is 0. The third-order valence-corrected chi connectivity index (χ3v) is 9.78. The average Bonchev–Trinajstić information content (AvgIpc) is 3.00. The van der Waals surface area contributed by atoms with Gasteiger partial charge in [0.05, 0.1) is 18.1 Å². The van der Waals surface area contributed by atoms with Gasteiger partial charge in [0.25, 0.3) is 17.7 Å². The zero-order valence-corrected chi connectivity index (χ0v) is 22.8. The van der Waals surface area contributed by atoms with Crippen LogP contribution in [0.1, 0.15) is 31.1 Å². The van der Waals surface area contributed by atoms with Crippen LogP contribution < -0.4 is 0 Å². The highest BCUT2D eigenvalue weighted by molar-refractivity contribution is 7.89. The lowest BCUT2D eigenvalue weighted by Gasteiger charge is -2.36. The smallest absolute Gasteiger partial charge is 0.261 e. The van der Waals surface area contributed by atoms with Crippen LogP contribution in [-0.2, 0) is 14.8 Å². The monoisotopic (exact) mass is 562 g/mol. The van der Waals surface area contributed by atoms with Crippen molar-refractivity contribution in [2.45, 2.75) is 4.90 Å². The highest BCUT2D eigenvalue weighted by atomic mass is 32.2. The molecule has 208 valence electrons. The van der Waals surface area contributed by atoms with Crippen molar-refractivity contribution < 1.29 is 27.5 Å². The molecule has 0 spiro atoms. The van der Waals surface area contributed by atoms with E-state index in [0.29, 0.717) is 75.7 Å². The molecule has 11 heteroatoms. The number of ether oxygens (including phenoxy) is 1. The van der Waals surface area contributed by atoms with Crippen LogP contribution in [0.25, 0.3) is 10.8 Å². The molecule has 3 amide bonds. The van der Waals surface area contributed by atoms with Crippen molar-refractivity contribution >= 4 is 38.5 Å². The predicted molar refractivity (Wildman–Crippen MR) is 148 cm³/mol. The van der Waals surface area contributed by atoms with Gasteiger partial charge in [0, 0.05) is 74.4 Å². The van der Waals surface area contributed by atoms with E-state index in [1.807, 2.05) is 24.3 Å². The standard InChI is InChI=1S/C29H30N4O6S/c34-27(22-7-9-23(10-8-22)40(37,38)32-17-19-39-20-18-32)31-14-11-30(12-15-31)13-16-33-28(35)24-5-1-3-21-4-2-6-25(26(21)24)29(33)36/h1-10H,11-20H2. The molecule has 2 saturated heterocycles. The Morgan fingerprint density at radius 1 is 0.750 bits per heavy atom. The summed E-state index contributed by atoms with van der Waals surface area (Å²) in [5.41, 5.74) is 1.53. The number of carbonyl (C=O) groups excluding carboxylic acids is 3. The van der Waals surface area contributed by atoms with Crippen LogP contribution in [0.3, 0.4) is 0 Å². The molecule has 0 bridgehead atoms. The summed E-state index contributed by atoms with van der Waals surface area (Å²) >= 11 is 0. The zero-order chi connectivity index (χ0) is 27.9. The molecule has 0 N–H and O–H groups in total. The van der Waals surface area contributed by atoms with Crippen molar-refractivity contribution in [3.63, 3.8) is 0 Å². The van der Waals surface area contributed by atoms with E-state index in [0.717, 1.165) is 10.8 Å². The van der Waals surface area contributed by atoms with Gasteiger partial charge in [-0.25, -0.2) is 8.42 Å². The average molecular weight is 563 g/mol. The van der Waals surface area contributed by atoms with Gasteiger partial charge in [-0.3, -0.25) is 24.2 Å². The van der Waals surface area contributed by atoms with Crippen molar-refractivity contribution in [3.05, 3.63) is 77.4 Å². The summed E-state index contributed by atoms with van der Waals surface area (Å²) in [4.78, 5) is 44.8. The molecule has 0 saturated carbocycles. The van der Waals surface area contributed by atoms with E-state index in [9.17, 15) is 22.8 Å². The Labute approximate surface area is 232 Å². The van der Waals surface area contributed by atoms with Crippen molar-refractivity contribution in [3.8, 4) is 0 Å². The molecule has 0 atom stereocenters. The lowest BCUT2D eigenvalue weighted by Crippen LogP contribution is -2.51. The van der Waals surface area contributed by atoms with Crippen LogP contribution in [-0.4, -0.2) is 111 Å². The van der Waals surface area contributed by atoms with E-state index in [1.165, 1.54) is 21.3 Å². The van der Waals surface area contributed by atoms with E-state index < -0.39 is 10.0 Å². The second-order valence-electron chi connectivity index (χ2n) is 10.1. The fourth-order valence-corrected chi connectivity index (χ4v) is 7.00. The lowest BCUT2D eigenvalue weighted by atomic mass is 9.94. The molecule has 40 heavy (non-hydrogen) atoms. The number of hydrogen-bond acceptors (Lipinski definition) is 7. The number of nitrogens with zero attached hydrogens (tertiary/aromatic N) is 4. The summed E-state index contributed by atoms with van der Waals surface area (Å²) in [6.45, 7) is 4.38. The van der Waals surface area contributed by atoms with Gasteiger partial charge in [-0.15, -0.1) is 0 Å². The summed E-state index contributed by atoms with van der Waals surface area (Å²) in [5, 5.41) is 1.60. The molecule has 0 radical (unpaired) electrons. The van der Waals surface area contributed by atoms with Crippen LogP contribution in [0.15, 0.2) is 65.6 Å². The predicted octanol–water partition coefficient (Wildman–Crippen LogP) is 1.91. The van der Waals surface area contributed by atoms with Gasteiger partial charge in [0.2, 0.25) is 10.0 Å². The second-order valence-corrected chi connectivity index (χ2v) is 12.1. The molecule has 0 aromatic heterocycles. The minimum atomic E-state index is -3.62. The molecule has 3 aromatic rings. The normalized spacial score (nSPS) is 18.9. The van der Waals surface area contributed by atoms with E-state index >= 15 is 0 Å². The first-order chi connectivity index (χ1) is 19.3. The van der Waals surface area contributed by atoms with Crippen LogP contribution in [0, 0.1) is 0 Å². The number of carbonyl (C=O) groups is 3. The fourth-order valence-electron chi connectivity index (χ4n) is 5.59. The number of imide groups is 1. The first-order valence-corrected chi connectivity index (χ1v) is 14.9. The molecule has 10 nitrogen and oxygen atoms in total. The van der Waals surface area contributed by atoms with Gasteiger partial charge in [-0.05, 0) is 41.8 Å². The van der Waals surface area contributed by atoms with E-state index in [4.69, 9.17) is 4.74 Å². The first kappa shape index (κ1) is 26.6. The van der Waals surface area contributed by atoms with Crippen LogP contribution in [0.4, 0.5) is 0 Å². The summed E-state index contributed by atoms with van der Waals surface area (Å²) in [5.74, 6) is -0.703. The minimum absolute atomic E-state index is 0.152. The van der Waals surface area contributed by atoms with Crippen molar-refractivity contribution in [1.82, 2.24) is 19.0 Å². The minimum Gasteiger partial charge on any atom is -0.379 e. The van der Waals surface area contributed by atoms with Crippen molar-refractivity contribution in [2.24, 2.45) is 0 Å². The van der Waals surface area contributed by atoms with Crippen molar-refractivity contribution in [1.29, 1.82) is 0 Å². The quantitative estimate of drug-likeness (QED) is 0.423. The van der Waals surface area contributed by atoms with E-state index in [2.05, 4.69) is 4.90 Å². The first-order valence-electron chi connectivity index (χ1n) is 13.4. The molecular weight excluding hydrogens is 532 g/mol. The van der Waals surface area contributed by atoms with Gasteiger partial charge in [-0.1, -0.05) is 24.3 Å².